The Bertz CT molecular complexity index is 1010. The summed E-state index contributed by atoms with van der Waals surface area (Å²) in [5, 5.41) is 0. The highest BCUT2D eigenvalue weighted by molar-refractivity contribution is 5.73. The maximum absolute atomic E-state index is 12.0. The van der Waals surface area contributed by atoms with E-state index in [1.165, 1.54) is 44.1 Å². The summed E-state index contributed by atoms with van der Waals surface area (Å²) in [6.45, 7) is 6.55. The third kappa shape index (κ3) is 8.93. The molecule has 0 saturated carbocycles. The lowest BCUT2D eigenvalue weighted by atomic mass is 10.0. The van der Waals surface area contributed by atoms with Gasteiger partial charge < -0.3 is 4.74 Å². The van der Waals surface area contributed by atoms with Crippen molar-refractivity contribution in [2.24, 2.45) is 5.92 Å². The second-order valence-electron chi connectivity index (χ2n) is 9.56. The van der Waals surface area contributed by atoms with Crippen LogP contribution in [0.3, 0.4) is 0 Å². The normalized spacial score (nSPS) is 11.9. The fourth-order valence-corrected chi connectivity index (χ4v) is 4.02. The first kappa shape index (κ1) is 26.6. The first-order valence-electron chi connectivity index (χ1n) is 13.3. The molecule has 0 spiro atoms. The van der Waals surface area contributed by atoms with E-state index in [4.69, 9.17) is 4.74 Å². The Balaban J connectivity index is 1.50. The second kappa shape index (κ2) is 14.4. The highest BCUT2D eigenvalue weighted by atomic mass is 16.5. The van der Waals surface area contributed by atoms with Gasteiger partial charge in [-0.3, -0.25) is 4.79 Å². The lowest BCUT2D eigenvalue weighted by molar-refractivity contribution is -0.134. The molecule has 3 rings (SSSR count). The number of benzene rings is 2. The molecule has 0 amide bonds. The highest BCUT2D eigenvalue weighted by Gasteiger charge is 2.09. The van der Waals surface area contributed by atoms with Crippen molar-refractivity contribution < 1.29 is 9.53 Å². The quantitative estimate of drug-likeness (QED) is 0.134. The van der Waals surface area contributed by atoms with E-state index in [9.17, 15) is 4.79 Å². The number of unbranched alkanes of at least 4 members (excludes halogenated alkanes) is 5. The molecule has 35 heavy (non-hydrogen) atoms. The number of rotatable bonds is 14. The van der Waals surface area contributed by atoms with Crippen molar-refractivity contribution in [2.45, 2.75) is 85.0 Å². The number of carbonyl (C=O) groups excluding carboxylic acids is 1. The van der Waals surface area contributed by atoms with Crippen LogP contribution in [-0.4, -0.2) is 15.9 Å². The molecule has 0 saturated heterocycles. The van der Waals surface area contributed by atoms with E-state index in [1.807, 2.05) is 36.7 Å². The Morgan fingerprint density at radius 3 is 2.09 bits per heavy atom. The summed E-state index contributed by atoms with van der Waals surface area (Å²) in [5.74, 6) is 1.66. The molecule has 0 N–H and O–H groups in total. The van der Waals surface area contributed by atoms with Gasteiger partial charge in [0.2, 0.25) is 0 Å². The van der Waals surface area contributed by atoms with E-state index >= 15 is 0 Å². The lowest BCUT2D eigenvalue weighted by Crippen LogP contribution is -2.09. The number of aromatic nitrogens is 2. The molecule has 0 fully saturated rings. The van der Waals surface area contributed by atoms with Gasteiger partial charge in [0, 0.05) is 29.9 Å². The Labute approximate surface area is 211 Å². The SMILES string of the molecule is CCCCCCCCc1ccc(-c2ncc(-c3ccc(OC(=O)CCC(C)CC)cc3)cn2)cc1. The van der Waals surface area contributed by atoms with E-state index in [1.54, 1.807) is 0 Å². The summed E-state index contributed by atoms with van der Waals surface area (Å²) in [5.41, 5.74) is 4.33. The van der Waals surface area contributed by atoms with Crippen LogP contribution < -0.4 is 4.74 Å². The van der Waals surface area contributed by atoms with Gasteiger partial charge in [0.05, 0.1) is 0 Å². The number of hydrogen-bond acceptors (Lipinski definition) is 4. The van der Waals surface area contributed by atoms with Crippen molar-refractivity contribution in [2.75, 3.05) is 0 Å². The van der Waals surface area contributed by atoms with Crippen molar-refractivity contribution in [3.63, 3.8) is 0 Å². The van der Waals surface area contributed by atoms with Gasteiger partial charge in [0.1, 0.15) is 5.75 Å². The average Bonchev–Trinajstić information content (AvgIpc) is 2.90. The number of nitrogens with zero attached hydrogens (tertiary/aromatic N) is 2. The van der Waals surface area contributed by atoms with Crippen LogP contribution in [0.4, 0.5) is 0 Å². The van der Waals surface area contributed by atoms with Crippen LogP contribution in [0.2, 0.25) is 0 Å². The minimum absolute atomic E-state index is 0.177. The fraction of sp³-hybridized carbons (Fsp3) is 0.452. The van der Waals surface area contributed by atoms with Crippen molar-refractivity contribution in [3.05, 3.63) is 66.5 Å². The van der Waals surface area contributed by atoms with Crippen LogP contribution in [-0.2, 0) is 11.2 Å². The number of carbonyl (C=O) groups is 1. The minimum Gasteiger partial charge on any atom is -0.427 e. The zero-order valence-electron chi connectivity index (χ0n) is 21.6. The number of hydrogen-bond donors (Lipinski definition) is 0. The number of aryl methyl sites for hydroxylation is 1. The third-order valence-electron chi connectivity index (χ3n) is 6.64. The Hall–Kier alpha value is -3.01. The molecule has 4 nitrogen and oxygen atoms in total. The summed E-state index contributed by atoms with van der Waals surface area (Å²) >= 11 is 0. The first-order valence-corrected chi connectivity index (χ1v) is 13.3. The van der Waals surface area contributed by atoms with E-state index in [0.29, 0.717) is 18.1 Å². The smallest absolute Gasteiger partial charge is 0.311 e. The summed E-state index contributed by atoms with van der Waals surface area (Å²) in [7, 11) is 0. The van der Waals surface area contributed by atoms with Crippen LogP contribution in [0.1, 0.15) is 84.1 Å². The minimum atomic E-state index is -0.177. The molecule has 1 unspecified atom stereocenters. The summed E-state index contributed by atoms with van der Waals surface area (Å²) in [4.78, 5) is 21.2. The molecule has 0 aliphatic rings. The zero-order chi connectivity index (χ0) is 24.9. The second-order valence-corrected chi connectivity index (χ2v) is 9.56. The van der Waals surface area contributed by atoms with Crippen LogP contribution in [0.15, 0.2) is 60.9 Å². The van der Waals surface area contributed by atoms with Crippen molar-refractivity contribution in [1.82, 2.24) is 9.97 Å². The summed E-state index contributed by atoms with van der Waals surface area (Å²) in [6.07, 6.45) is 15.1. The van der Waals surface area contributed by atoms with Gasteiger partial charge in [-0.2, -0.15) is 0 Å². The molecular weight excluding hydrogens is 432 g/mol. The molecule has 2 aromatic carbocycles. The standard InChI is InChI=1S/C31H40N2O2/c1-4-6-7-8-9-10-11-25-13-15-27(16-14-25)31-32-22-28(23-33-31)26-17-19-29(20-18-26)35-30(34)21-12-24(3)5-2/h13-20,22-24H,4-12,21H2,1-3H3. The van der Waals surface area contributed by atoms with Gasteiger partial charge in [0.25, 0.3) is 0 Å². The van der Waals surface area contributed by atoms with Crippen LogP contribution >= 0.6 is 0 Å². The van der Waals surface area contributed by atoms with Crippen molar-refractivity contribution in [1.29, 1.82) is 0 Å². The lowest BCUT2D eigenvalue weighted by Gasteiger charge is -2.09. The Morgan fingerprint density at radius 1 is 0.800 bits per heavy atom. The number of esters is 1. The van der Waals surface area contributed by atoms with Gasteiger partial charge >= 0.3 is 5.97 Å². The van der Waals surface area contributed by atoms with Gasteiger partial charge in [-0.05, 0) is 48.4 Å². The highest BCUT2D eigenvalue weighted by Crippen LogP contribution is 2.24. The fourth-order valence-electron chi connectivity index (χ4n) is 4.02. The van der Waals surface area contributed by atoms with Crippen molar-refractivity contribution >= 4 is 5.97 Å². The molecule has 0 radical (unpaired) electrons. The topological polar surface area (TPSA) is 52.1 Å². The van der Waals surface area contributed by atoms with Crippen LogP contribution in [0.5, 0.6) is 5.75 Å². The molecule has 3 aromatic rings. The van der Waals surface area contributed by atoms with E-state index in [2.05, 4.69) is 55.0 Å². The molecular formula is C31H40N2O2. The molecule has 1 atom stereocenters. The van der Waals surface area contributed by atoms with Gasteiger partial charge in [-0.15, -0.1) is 0 Å². The molecule has 186 valence electrons. The molecule has 0 bridgehead atoms. The molecule has 1 heterocycles. The van der Waals surface area contributed by atoms with Crippen LogP contribution in [0, 0.1) is 5.92 Å². The summed E-state index contributed by atoms with van der Waals surface area (Å²) < 4.78 is 5.46. The largest absolute Gasteiger partial charge is 0.427 e. The maximum Gasteiger partial charge on any atom is 0.311 e. The average molecular weight is 473 g/mol. The Morgan fingerprint density at radius 2 is 1.43 bits per heavy atom. The van der Waals surface area contributed by atoms with Gasteiger partial charge in [-0.25, -0.2) is 9.97 Å². The van der Waals surface area contributed by atoms with Gasteiger partial charge in [0.15, 0.2) is 5.82 Å². The van der Waals surface area contributed by atoms with Gasteiger partial charge in [-0.1, -0.05) is 95.7 Å². The number of ether oxygens (including phenoxy) is 1. The van der Waals surface area contributed by atoms with Crippen LogP contribution in [0.25, 0.3) is 22.5 Å². The zero-order valence-corrected chi connectivity index (χ0v) is 21.6. The predicted molar refractivity (Wildman–Crippen MR) is 144 cm³/mol. The van der Waals surface area contributed by atoms with E-state index in [-0.39, 0.29) is 5.97 Å². The molecule has 0 aliphatic carbocycles. The first-order chi connectivity index (χ1) is 17.1. The molecule has 0 aliphatic heterocycles. The van der Waals surface area contributed by atoms with E-state index in [0.717, 1.165) is 41.8 Å². The summed E-state index contributed by atoms with van der Waals surface area (Å²) in [6, 6.07) is 16.2. The van der Waals surface area contributed by atoms with Crippen molar-refractivity contribution in [3.8, 4) is 28.3 Å². The monoisotopic (exact) mass is 472 g/mol. The maximum atomic E-state index is 12.0. The van der Waals surface area contributed by atoms with E-state index < -0.39 is 0 Å². The Kier molecular flexibility index (Phi) is 10.9. The molecule has 4 heteroatoms. The predicted octanol–water partition coefficient (Wildman–Crippen LogP) is 8.45. The third-order valence-corrected chi connectivity index (χ3v) is 6.64. The molecule has 1 aromatic heterocycles.